The van der Waals surface area contributed by atoms with Gasteiger partial charge in [-0.1, -0.05) is 0 Å². The van der Waals surface area contributed by atoms with E-state index in [1.807, 2.05) is 13.8 Å². The van der Waals surface area contributed by atoms with Crippen LogP contribution in [0.4, 0.5) is 0 Å². The zero-order valence-corrected chi connectivity index (χ0v) is 7.26. The van der Waals surface area contributed by atoms with E-state index in [4.69, 9.17) is 4.74 Å². The number of amides is 1. The molecule has 1 amide bonds. The van der Waals surface area contributed by atoms with Gasteiger partial charge in [0.05, 0.1) is 6.10 Å². The number of methoxy groups -OCH3 is 1. The van der Waals surface area contributed by atoms with E-state index in [2.05, 4.69) is 5.32 Å². The van der Waals surface area contributed by atoms with Crippen molar-refractivity contribution in [3.63, 3.8) is 0 Å². The minimum Gasteiger partial charge on any atom is -0.381 e. The number of nitrogens with one attached hydrogen (secondary N) is 1. The molecule has 0 aliphatic carbocycles. The predicted molar refractivity (Wildman–Crippen MR) is 42.2 cm³/mol. The molecule has 1 aliphatic heterocycles. The van der Waals surface area contributed by atoms with E-state index in [1.54, 1.807) is 7.11 Å². The van der Waals surface area contributed by atoms with E-state index in [9.17, 15) is 4.79 Å². The summed E-state index contributed by atoms with van der Waals surface area (Å²) in [6.45, 7) is 4.02. The molecule has 0 radical (unpaired) electrons. The quantitative estimate of drug-likeness (QED) is 0.635. The highest BCUT2D eigenvalue weighted by atomic mass is 16.5. The minimum absolute atomic E-state index is 0.145. The first-order valence-electron chi connectivity index (χ1n) is 3.97. The maximum atomic E-state index is 10.9. The molecular formula is C8H15NO2. The average Bonchev–Trinajstić information content (AvgIpc) is 2.28. The van der Waals surface area contributed by atoms with Gasteiger partial charge in [0.25, 0.3) is 0 Å². The first-order valence-corrected chi connectivity index (χ1v) is 3.97. The Kier molecular flexibility index (Phi) is 2.49. The standard InChI is InChI=1S/C8H15NO2/c1-5-7(6(2)11-3)4-8(10)9-5/h5-7H,4H2,1-3H3,(H,9,10). The van der Waals surface area contributed by atoms with Crippen LogP contribution in [0.5, 0.6) is 0 Å². The molecule has 0 bridgehead atoms. The van der Waals surface area contributed by atoms with Gasteiger partial charge in [0.1, 0.15) is 0 Å². The van der Waals surface area contributed by atoms with E-state index in [-0.39, 0.29) is 18.1 Å². The molecule has 1 rings (SSSR count). The van der Waals surface area contributed by atoms with Crippen LogP contribution >= 0.6 is 0 Å². The topological polar surface area (TPSA) is 38.3 Å². The van der Waals surface area contributed by atoms with Crippen molar-refractivity contribution in [1.82, 2.24) is 5.32 Å². The van der Waals surface area contributed by atoms with E-state index in [1.165, 1.54) is 0 Å². The van der Waals surface area contributed by atoms with Crippen molar-refractivity contribution in [2.24, 2.45) is 5.92 Å². The lowest BCUT2D eigenvalue weighted by atomic mass is 9.96. The fourth-order valence-electron chi connectivity index (χ4n) is 1.56. The normalized spacial score (nSPS) is 33.5. The van der Waals surface area contributed by atoms with E-state index in [0.29, 0.717) is 12.3 Å². The maximum Gasteiger partial charge on any atom is 0.220 e. The molecule has 1 fully saturated rings. The smallest absolute Gasteiger partial charge is 0.220 e. The van der Waals surface area contributed by atoms with Crippen molar-refractivity contribution in [3.05, 3.63) is 0 Å². The summed E-state index contributed by atoms with van der Waals surface area (Å²) in [4.78, 5) is 10.9. The number of hydrogen-bond acceptors (Lipinski definition) is 2. The zero-order chi connectivity index (χ0) is 8.43. The molecule has 0 aromatic carbocycles. The van der Waals surface area contributed by atoms with Crippen LogP contribution in [-0.2, 0) is 9.53 Å². The number of rotatable bonds is 2. The molecular weight excluding hydrogens is 142 g/mol. The molecule has 0 aromatic rings. The number of ether oxygens (including phenoxy) is 1. The van der Waals surface area contributed by atoms with Crippen LogP contribution in [-0.4, -0.2) is 25.2 Å². The lowest BCUT2D eigenvalue weighted by Gasteiger charge is -2.20. The molecule has 3 heteroatoms. The molecule has 3 unspecified atom stereocenters. The fraction of sp³-hybridized carbons (Fsp3) is 0.875. The van der Waals surface area contributed by atoms with Crippen LogP contribution in [0.25, 0.3) is 0 Å². The second kappa shape index (κ2) is 3.22. The average molecular weight is 157 g/mol. The van der Waals surface area contributed by atoms with Crippen LogP contribution < -0.4 is 5.32 Å². The van der Waals surface area contributed by atoms with Crippen molar-refractivity contribution >= 4 is 5.91 Å². The molecule has 3 atom stereocenters. The molecule has 1 N–H and O–H groups in total. The highest BCUT2D eigenvalue weighted by molar-refractivity contribution is 5.79. The van der Waals surface area contributed by atoms with Gasteiger partial charge < -0.3 is 10.1 Å². The highest BCUT2D eigenvalue weighted by Gasteiger charge is 2.32. The molecule has 1 aliphatic rings. The van der Waals surface area contributed by atoms with E-state index < -0.39 is 0 Å². The zero-order valence-electron chi connectivity index (χ0n) is 7.26. The van der Waals surface area contributed by atoms with Crippen LogP contribution in [0.3, 0.4) is 0 Å². The van der Waals surface area contributed by atoms with Gasteiger partial charge in [0.2, 0.25) is 5.91 Å². The molecule has 0 saturated carbocycles. The summed E-state index contributed by atoms with van der Waals surface area (Å²) < 4.78 is 5.16. The Hall–Kier alpha value is -0.570. The Labute approximate surface area is 67.1 Å². The first kappa shape index (κ1) is 8.53. The second-order valence-corrected chi connectivity index (χ2v) is 3.16. The number of carbonyl (C=O) groups excluding carboxylic acids is 1. The Balaban J connectivity index is 2.52. The van der Waals surface area contributed by atoms with E-state index in [0.717, 1.165) is 0 Å². The summed E-state index contributed by atoms with van der Waals surface area (Å²) in [5, 5.41) is 2.86. The summed E-state index contributed by atoms with van der Waals surface area (Å²) >= 11 is 0. The molecule has 3 nitrogen and oxygen atoms in total. The minimum atomic E-state index is 0.145. The molecule has 11 heavy (non-hydrogen) atoms. The van der Waals surface area contributed by atoms with Crippen molar-refractivity contribution in [2.75, 3.05) is 7.11 Å². The maximum absolute atomic E-state index is 10.9. The van der Waals surface area contributed by atoms with Crippen LogP contribution in [0.2, 0.25) is 0 Å². The lowest BCUT2D eigenvalue weighted by Crippen LogP contribution is -2.31. The molecule has 0 spiro atoms. The third kappa shape index (κ3) is 1.71. The highest BCUT2D eigenvalue weighted by Crippen LogP contribution is 2.21. The van der Waals surface area contributed by atoms with Gasteiger partial charge >= 0.3 is 0 Å². The summed E-state index contributed by atoms with van der Waals surface area (Å²) in [5.74, 6) is 0.485. The van der Waals surface area contributed by atoms with Crippen molar-refractivity contribution in [1.29, 1.82) is 0 Å². The lowest BCUT2D eigenvalue weighted by molar-refractivity contribution is -0.119. The van der Waals surface area contributed by atoms with Gasteiger partial charge in [-0.2, -0.15) is 0 Å². The third-order valence-corrected chi connectivity index (χ3v) is 2.43. The van der Waals surface area contributed by atoms with Gasteiger partial charge in [-0.25, -0.2) is 0 Å². The largest absolute Gasteiger partial charge is 0.381 e. The molecule has 0 aromatic heterocycles. The molecule has 64 valence electrons. The summed E-state index contributed by atoms with van der Waals surface area (Å²) in [7, 11) is 1.68. The summed E-state index contributed by atoms with van der Waals surface area (Å²) in [6, 6.07) is 0.262. The summed E-state index contributed by atoms with van der Waals surface area (Å²) in [6.07, 6.45) is 0.778. The Bertz CT molecular complexity index is 158. The Morgan fingerprint density at radius 2 is 2.36 bits per heavy atom. The Morgan fingerprint density at radius 3 is 2.73 bits per heavy atom. The van der Waals surface area contributed by atoms with Gasteiger partial charge in [-0.05, 0) is 13.8 Å². The number of carbonyl (C=O) groups is 1. The van der Waals surface area contributed by atoms with Gasteiger partial charge in [-0.15, -0.1) is 0 Å². The first-order chi connectivity index (χ1) is 5.15. The monoisotopic (exact) mass is 157 g/mol. The molecule has 1 heterocycles. The predicted octanol–water partition coefficient (Wildman–Crippen LogP) is 0.546. The van der Waals surface area contributed by atoms with Gasteiger partial charge in [0, 0.05) is 25.5 Å². The van der Waals surface area contributed by atoms with Gasteiger partial charge in [-0.3, -0.25) is 4.79 Å². The fourth-order valence-corrected chi connectivity index (χ4v) is 1.56. The molecule has 1 saturated heterocycles. The SMILES string of the molecule is COC(C)C1CC(=O)NC1C. The van der Waals surface area contributed by atoms with Crippen LogP contribution in [0.15, 0.2) is 0 Å². The van der Waals surface area contributed by atoms with Crippen molar-refractivity contribution in [3.8, 4) is 0 Å². The number of hydrogen-bond donors (Lipinski definition) is 1. The van der Waals surface area contributed by atoms with Crippen molar-refractivity contribution in [2.45, 2.75) is 32.4 Å². The van der Waals surface area contributed by atoms with Crippen LogP contribution in [0.1, 0.15) is 20.3 Å². The Morgan fingerprint density at radius 1 is 1.73 bits per heavy atom. The van der Waals surface area contributed by atoms with Crippen LogP contribution in [0, 0.1) is 5.92 Å². The van der Waals surface area contributed by atoms with Crippen molar-refractivity contribution < 1.29 is 9.53 Å². The second-order valence-electron chi connectivity index (χ2n) is 3.16. The third-order valence-electron chi connectivity index (χ3n) is 2.43. The van der Waals surface area contributed by atoms with Gasteiger partial charge in [0.15, 0.2) is 0 Å². The van der Waals surface area contributed by atoms with E-state index >= 15 is 0 Å². The summed E-state index contributed by atoms with van der Waals surface area (Å²) in [5.41, 5.74) is 0.